The summed E-state index contributed by atoms with van der Waals surface area (Å²) in [5, 5.41) is 7.95. The number of rotatable bonds is 7. The van der Waals surface area contributed by atoms with E-state index in [9.17, 15) is 4.79 Å². The Bertz CT molecular complexity index is 429. The summed E-state index contributed by atoms with van der Waals surface area (Å²) in [6.07, 6.45) is 3.18. The van der Waals surface area contributed by atoms with Crippen molar-refractivity contribution >= 4 is 5.91 Å². The summed E-state index contributed by atoms with van der Waals surface area (Å²) in [7, 11) is 3.46. The average Bonchev–Trinajstić information content (AvgIpc) is 3.08. The summed E-state index contributed by atoms with van der Waals surface area (Å²) in [4.78, 5) is 13.8. The molecule has 2 rings (SSSR count). The third-order valence-corrected chi connectivity index (χ3v) is 3.52. The average molecular weight is 282 g/mol. The van der Waals surface area contributed by atoms with Crippen LogP contribution in [-0.4, -0.2) is 59.5 Å². The lowest BCUT2D eigenvalue weighted by Crippen LogP contribution is -2.29. The molecule has 1 aliphatic heterocycles. The van der Waals surface area contributed by atoms with Crippen LogP contribution in [0.25, 0.3) is 0 Å². The van der Waals surface area contributed by atoms with Gasteiger partial charge in [0.05, 0.1) is 13.2 Å². The Balaban J connectivity index is 1.85. The second kappa shape index (κ2) is 7.35. The van der Waals surface area contributed by atoms with Gasteiger partial charge in [-0.25, -0.2) is 0 Å². The van der Waals surface area contributed by atoms with Gasteiger partial charge in [0.15, 0.2) is 5.82 Å². The SMILES string of the molecule is COCCn1cnnc1CN(C)C(=O)CC1CCOC1. The molecule has 0 radical (unpaired) electrons. The molecule has 7 nitrogen and oxygen atoms in total. The predicted molar refractivity (Wildman–Crippen MR) is 71.9 cm³/mol. The van der Waals surface area contributed by atoms with Gasteiger partial charge >= 0.3 is 0 Å². The van der Waals surface area contributed by atoms with Crippen LogP contribution in [0.5, 0.6) is 0 Å². The fourth-order valence-corrected chi connectivity index (χ4v) is 2.23. The van der Waals surface area contributed by atoms with Crippen LogP contribution in [0.1, 0.15) is 18.7 Å². The number of methoxy groups -OCH3 is 1. The van der Waals surface area contributed by atoms with E-state index >= 15 is 0 Å². The molecule has 1 amide bonds. The fraction of sp³-hybridized carbons (Fsp3) is 0.769. The summed E-state index contributed by atoms with van der Waals surface area (Å²) >= 11 is 0. The highest BCUT2D eigenvalue weighted by Crippen LogP contribution is 2.17. The standard InChI is InChI=1S/C13H22N4O3/c1-16(13(18)7-11-3-5-20-9-11)8-12-15-14-10-17(12)4-6-19-2/h10-11H,3-9H2,1-2H3. The van der Waals surface area contributed by atoms with Crippen LogP contribution in [-0.2, 0) is 27.4 Å². The zero-order chi connectivity index (χ0) is 14.4. The lowest BCUT2D eigenvalue weighted by atomic mass is 10.0. The first-order valence-electron chi connectivity index (χ1n) is 6.88. The molecular weight excluding hydrogens is 260 g/mol. The van der Waals surface area contributed by atoms with E-state index in [2.05, 4.69) is 10.2 Å². The summed E-state index contributed by atoms with van der Waals surface area (Å²) in [6.45, 7) is 3.23. The number of aromatic nitrogens is 3. The molecule has 1 saturated heterocycles. The molecule has 1 aliphatic rings. The maximum atomic E-state index is 12.1. The number of carbonyl (C=O) groups is 1. The van der Waals surface area contributed by atoms with Crippen LogP contribution in [0, 0.1) is 5.92 Å². The Kier molecular flexibility index (Phi) is 5.49. The van der Waals surface area contributed by atoms with Crippen LogP contribution in [0.15, 0.2) is 6.33 Å². The molecular formula is C13H22N4O3. The number of ether oxygens (including phenoxy) is 2. The minimum atomic E-state index is 0.127. The van der Waals surface area contributed by atoms with Gasteiger partial charge in [-0.3, -0.25) is 4.79 Å². The van der Waals surface area contributed by atoms with Crippen LogP contribution in [0.2, 0.25) is 0 Å². The molecule has 2 heterocycles. The molecule has 0 aliphatic carbocycles. The summed E-state index contributed by atoms with van der Waals surface area (Å²) < 4.78 is 12.2. The van der Waals surface area contributed by atoms with Crippen molar-refractivity contribution < 1.29 is 14.3 Å². The maximum Gasteiger partial charge on any atom is 0.223 e. The normalized spacial score (nSPS) is 18.4. The van der Waals surface area contributed by atoms with Gasteiger partial charge in [-0.05, 0) is 12.3 Å². The third kappa shape index (κ3) is 4.01. The lowest BCUT2D eigenvalue weighted by Gasteiger charge is -2.18. The number of amides is 1. The fourth-order valence-electron chi connectivity index (χ4n) is 2.23. The zero-order valence-corrected chi connectivity index (χ0v) is 12.1. The first-order chi connectivity index (χ1) is 9.70. The Labute approximate surface area is 118 Å². The highest BCUT2D eigenvalue weighted by molar-refractivity contribution is 5.76. The molecule has 0 saturated carbocycles. The molecule has 0 N–H and O–H groups in total. The predicted octanol–water partition coefficient (Wildman–Crippen LogP) is 0.310. The van der Waals surface area contributed by atoms with Gasteiger partial charge in [0.2, 0.25) is 5.91 Å². The first-order valence-corrected chi connectivity index (χ1v) is 6.88. The smallest absolute Gasteiger partial charge is 0.223 e. The molecule has 0 spiro atoms. The molecule has 1 atom stereocenters. The van der Waals surface area contributed by atoms with E-state index in [1.165, 1.54) is 0 Å². The van der Waals surface area contributed by atoms with Gasteiger partial charge in [-0.15, -0.1) is 10.2 Å². The van der Waals surface area contributed by atoms with Crippen molar-refractivity contribution in [2.24, 2.45) is 5.92 Å². The Morgan fingerprint density at radius 1 is 1.65 bits per heavy atom. The van der Waals surface area contributed by atoms with E-state index in [1.807, 2.05) is 4.57 Å². The number of hydrogen-bond acceptors (Lipinski definition) is 5. The van der Waals surface area contributed by atoms with Crippen LogP contribution < -0.4 is 0 Å². The highest BCUT2D eigenvalue weighted by atomic mass is 16.5. The van der Waals surface area contributed by atoms with Gasteiger partial charge in [0.25, 0.3) is 0 Å². The molecule has 7 heteroatoms. The number of hydrogen-bond donors (Lipinski definition) is 0. The zero-order valence-electron chi connectivity index (χ0n) is 12.1. The first kappa shape index (κ1) is 14.9. The molecule has 0 bridgehead atoms. The van der Waals surface area contributed by atoms with Gasteiger partial charge < -0.3 is 18.9 Å². The lowest BCUT2D eigenvalue weighted by molar-refractivity contribution is -0.131. The van der Waals surface area contributed by atoms with Crippen molar-refractivity contribution in [3.63, 3.8) is 0 Å². The van der Waals surface area contributed by atoms with Crippen molar-refractivity contribution in [2.45, 2.75) is 25.9 Å². The van der Waals surface area contributed by atoms with Crippen LogP contribution >= 0.6 is 0 Å². The van der Waals surface area contributed by atoms with Crippen molar-refractivity contribution in [3.05, 3.63) is 12.2 Å². The van der Waals surface area contributed by atoms with E-state index in [0.717, 1.165) is 18.9 Å². The topological polar surface area (TPSA) is 69.5 Å². The van der Waals surface area contributed by atoms with Gasteiger partial charge in [0.1, 0.15) is 6.33 Å². The number of nitrogens with zero attached hydrogens (tertiary/aromatic N) is 4. The maximum absolute atomic E-state index is 12.1. The summed E-state index contributed by atoms with van der Waals surface area (Å²) in [6, 6.07) is 0. The summed E-state index contributed by atoms with van der Waals surface area (Å²) in [5.74, 6) is 1.26. The van der Waals surface area contributed by atoms with E-state index in [-0.39, 0.29) is 5.91 Å². The molecule has 0 aromatic carbocycles. The summed E-state index contributed by atoms with van der Waals surface area (Å²) in [5.41, 5.74) is 0. The Morgan fingerprint density at radius 3 is 3.20 bits per heavy atom. The van der Waals surface area contributed by atoms with Crippen LogP contribution in [0.3, 0.4) is 0 Å². The molecule has 1 aromatic rings. The quantitative estimate of drug-likeness (QED) is 0.720. The van der Waals surface area contributed by atoms with E-state index in [4.69, 9.17) is 9.47 Å². The minimum absolute atomic E-state index is 0.127. The minimum Gasteiger partial charge on any atom is -0.383 e. The number of carbonyl (C=O) groups excluding carboxylic acids is 1. The molecule has 1 aromatic heterocycles. The Hall–Kier alpha value is -1.47. The van der Waals surface area contributed by atoms with Gasteiger partial charge in [-0.2, -0.15) is 0 Å². The Morgan fingerprint density at radius 2 is 2.50 bits per heavy atom. The van der Waals surface area contributed by atoms with Crippen molar-refractivity contribution in [1.29, 1.82) is 0 Å². The van der Waals surface area contributed by atoms with Crippen molar-refractivity contribution in [3.8, 4) is 0 Å². The van der Waals surface area contributed by atoms with Gasteiger partial charge in [0, 0.05) is 40.3 Å². The third-order valence-electron chi connectivity index (χ3n) is 3.52. The second-order valence-electron chi connectivity index (χ2n) is 5.12. The van der Waals surface area contributed by atoms with Gasteiger partial charge in [-0.1, -0.05) is 0 Å². The monoisotopic (exact) mass is 282 g/mol. The van der Waals surface area contributed by atoms with Crippen molar-refractivity contribution in [2.75, 3.05) is 34.0 Å². The van der Waals surface area contributed by atoms with E-state index in [0.29, 0.717) is 38.6 Å². The highest BCUT2D eigenvalue weighted by Gasteiger charge is 2.21. The molecule has 20 heavy (non-hydrogen) atoms. The second-order valence-corrected chi connectivity index (χ2v) is 5.12. The van der Waals surface area contributed by atoms with Crippen molar-refractivity contribution in [1.82, 2.24) is 19.7 Å². The largest absolute Gasteiger partial charge is 0.383 e. The molecule has 1 fully saturated rings. The van der Waals surface area contributed by atoms with E-state index < -0.39 is 0 Å². The van der Waals surface area contributed by atoms with E-state index in [1.54, 1.807) is 25.4 Å². The molecule has 1 unspecified atom stereocenters. The van der Waals surface area contributed by atoms with Crippen LogP contribution in [0.4, 0.5) is 0 Å². The molecule has 112 valence electrons.